The van der Waals surface area contributed by atoms with E-state index in [1.807, 2.05) is 6.07 Å². The molecule has 1 fully saturated rings. The summed E-state index contributed by atoms with van der Waals surface area (Å²) >= 11 is 0. The number of nitrogens with two attached hydrogens (primary N) is 1. The molecule has 104 valence electrons. The van der Waals surface area contributed by atoms with Gasteiger partial charge in [0.2, 0.25) is 5.91 Å². The van der Waals surface area contributed by atoms with E-state index in [-0.39, 0.29) is 6.10 Å². The van der Waals surface area contributed by atoms with Crippen molar-refractivity contribution in [1.29, 1.82) is 0 Å². The fourth-order valence-electron chi connectivity index (χ4n) is 2.43. The van der Waals surface area contributed by atoms with Crippen LogP contribution in [0, 0.1) is 0 Å². The number of ether oxygens (including phenoxy) is 1. The van der Waals surface area contributed by atoms with Crippen LogP contribution in [0.5, 0.6) is 5.75 Å². The molecule has 0 radical (unpaired) electrons. The lowest BCUT2D eigenvalue weighted by Gasteiger charge is -2.34. The molecule has 1 aromatic carbocycles. The van der Waals surface area contributed by atoms with Gasteiger partial charge in [0.25, 0.3) is 0 Å². The number of nitrogens with zero attached hydrogens (tertiary/aromatic N) is 1. The van der Waals surface area contributed by atoms with Gasteiger partial charge in [0.1, 0.15) is 11.9 Å². The minimum absolute atomic E-state index is 0.234. The maximum Gasteiger partial charge on any atom is 0.248 e. The highest BCUT2D eigenvalue weighted by atomic mass is 16.5. The highest BCUT2D eigenvalue weighted by Gasteiger charge is 2.22. The molecule has 0 spiro atoms. The lowest BCUT2D eigenvalue weighted by molar-refractivity contribution is 0.0840. The van der Waals surface area contributed by atoms with E-state index >= 15 is 0 Å². The topological polar surface area (TPSA) is 55.6 Å². The number of primary amides is 1. The van der Waals surface area contributed by atoms with Gasteiger partial charge in [-0.05, 0) is 44.9 Å². The third-order valence-electron chi connectivity index (χ3n) is 3.63. The molecule has 1 amide bonds. The molecule has 0 bridgehead atoms. The first-order valence-electron chi connectivity index (χ1n) is 6.87. The van der Waals surface area contributed by atoms with Crippen molar-refractivity contribution in [2.45, 2.75) is 38.8 Å². The summed E-state index contributed by atoms with van der Waals surface area (Å²) in [6.07, 6.45) is 2.29. The van der Waals surface area contributed by atoms with E-state index in [0.29, 0.717) is 11.6 Å². The molecule has 0 aliphatic carbocycles. The Morgan fingerprint density at radius 2 is 2.05 bits per heavy atom. The van der Waals surface area contributed by atoms with Crippen LogP contribution in [-0.4, -0.2) is 36.0 Å². The second kappa shape index (κ2) is 6.06. The molecular weight excluding hydrogens is 240 g/mol. The van der Waals surface area contributed by atoms with Crippen molar-refractivity contribution < 1.29 is 9.53 Å². The predicted octanol–water partition coefficient (Wildman–Crippen LogP) is 2.04. The molecular formula is C15H22N2O2. The van der Waals surface area contributed by atoms with Crippen LogP contribution in [0.2, 0.25) is 0 Å². The number of hydrogen-bond donors (Lipinski definition) is 1. The normalized spacial score (nSPS) is 17.6. The second-order valence-electron chi connectivity index (χ2n) is 5.34. The number of piperidine rings is 1. The Morgan fingerprint density at radius 1 is 1.37 bits per heavy atom. The fourth-order valence-corrected chi connectivity index (χ4v) is 2.43. The van der Waals surface area contributed by atoms with E-state index in [4.69, 9.17) is 10.5 Å². The third kappa shape index (κ3) is 3.70. The summed E-state index contributed by atoms with van der Waals surface area (Å²) < 4.78 is 5.94. The van der Waals surface area contributed by atoms with Crippen molar-refractivity contribution in [3.05, 3.63) is 29.8 Å². The molecule has 0 unspecified atom stereocenters. The first-order chi connectivity index (χ1) is 9.06. The van der Waals surface area contributed by atoms with Gasteiger partial charge >= 0.3 is 0 Å². The fraction of sp³-hybridized carbons (Fsp3) is 0.533. The van der Waals surface area contributed by atoms with Crippen LogP contribution < -0.4 is 10.5 Å². The standard InChI is InChI=1S/C15H22N2O2/c1-11(2)17-8-6-13(7-9-17)19-14-5-3-4-12(10-14)15(16)18/h3-5,10-11,13H,6-9H2,1-2H3,(H2,16,18). The molecule has 1 heterocycles. The zero-order chi connectivity index (χ0) is 13.8. The van der Waals surface area contributed by atoms with Crippen LogP contribution in [0.15, 0.2) is 24.3 Å². The number of benzene rings is 1. The number of carbonyl (C=O) groups is 1. The third-order valence-corrected chi connectivity index (χ3v) is 3.63. The largest absolute Gasteiger partial charge is 0.490 e. The zero-order valence-corrected chi connectivity index (χ0v) is 11.6. The van der Waals surface area contributed by atoms with Gasteiger partial charge in [0.15, 0.2) is 0 Å². The maximum atomic E-state index is 11.1. The Kier molecular flexibility index (Phi) is 4.43. The van der Waals surface area contributed by atoms with Crippen LogP contribution >= 0.6 is 0 Å². The predicted molar refractivity (Wildman–Crippen MR) is 75.3 cm³/mol. The van der Waals surface area contributed by atoms with Crippen LogP contribution in [0.3, 0.4) is 0 Å². The van der Waals surface area contributed by atoms with Crippen molar-refractivity contribution in [2.24, 2.45) is 5.73 Å². The number of likely N-dealkylation sites (tertiary alicyclic amines) is 1. The van der Waals surface area contributed by atoms with Crippen molar-refractivity contribution in [1.82, 2.24) is 4.90 Å². The average Bonchev–Trinajstić information content (AvgIpc) is 2.39. The van der Waals surface area contributed by atoms with E-state index in [1.165, 1.54) is 0 Å². The minimum Gasteiger partial charge on any atom is -0.490 e. The Morgan fingerprint density at radius 3 is 2.63 bits per heavy atom. The lowest BCUT2D eigenvalue weighted by atomic mass is 10.1. The van der Waals surface area contributed by atoms with Gasteiger partial charge in [-0.3, -0.25) is 4.79 Å². The molecule has 1 saturated heterocycles. The van der Waals surface area contributed by atoms with Crippen molar-refractivity contribution in [3.63, 3.8) is 0 Å². The van der Waals surface area contributed by atoms with E-state index in [9.17, 15) is 4.79 Å². The Bertz CT molecular complexity index is 438. The van der Waals surface area contributed by atoms with Gasteiger partial charge in [-0.25, -0.2) is 0 Å². The summed E-state index contributed by atoms with van der Waals surface area (Å²) in [6, 6.07) is 7.70. The minimum atomic E-state index is -0.417. The first-order valence-corrected chi connectivity index (χ1v) is 6.87. The molecule has 4 heteroatoms. The summed E-state index contributed by atoms with van der Waals surface area (Å²) in [7, 11) is 0. The summed E-state index contributed by atoms with van der Waals surface area (Å²) in [5.74, 6) is 0.319. The smallest absolute Gasteiger partial charge is 0.248 e. The number of carbonyl (C=O) groups excluding carboxylic acids is 1. The van der Waals surface area contributed by atoms with E-state index in [2.05, 4.69) is 18.7 Å². The van der Waals surface area contributed by atoms with Crippen LogP contribution in [0.1, 0.15) is 37.0 Å². The van der Waals surface area contributed by atoms with Crippen LogP contribution in [0.4, 0.5) is 0 Å². The van der Waals surface area contributed by atoms with E-state index in [1.54, 1.807) is 18.2 Å². The zero-order valence-electron chi connectivity index (χ0n) is 11.6. The highest BCUT2D eigenvalue weighted by Crippen LogP contribution is 2.20. The highest BCUT2D eigenvalue weighted by molar-refractivity contribution is 5.93. The molecule has 0 atom stereocenters. The molecule has 1 aliphatic heterocycles. The molecule has 0 saturated carbocycles. The Hall–Kier alpha value is -1.55. The Labute approximate surface area is 114 Å². The molecule has 1 aromatic rings. The summed E-state index contributed by atoms with van der Waals surface area (Å²) in [6.45, 7) is 6.57. The van der Waals surface area contributed by atoms with Gasteiger partial charge in [-0.1, -0.05) is 6.07 Å². The molecule has 4 nitrogen and oxygen atoms in total. The summed E-state index contributed by atoms with van der Waals surface area (Å²) in [4.78, 5) is 13.6. The molecule has 0 aromatic heterocycles. The van der Waals surface area contributed by atoms with Crippen molar-refractivity contribution >= 4 is 5.91 Å². The van der Waals surface area contributed by atoms with Crippen LogP contribution in [-0.2, 0) is 0 Å². The molecule has 19 heavy (non-hydrogen) atoms. The van der Waals surface area contributed by atoms with E-state index < -0.39 is 5.91 Å². The first kappa shape index (κ1) is 13.9. The second-order valence-corrected chi connectivity index (χ2v) is 5.34. The number of hydrogen-bond acceptors (Lipinski definition) is 3. The van der Waals surface area contributed by atoms with Crippen LogP contribution in [0.25, 0.3) is 0 Å². The average molecular weight is 262 g/mol. The summed E-state index contributed by atoms with van der Waals surface area (Å²) in [5.41, 5.74) is 5.76. The van der Waals surface area contributed by atoms with Gasteiger partial charge in [-0.15, -0.1) is 0 Å². The maximum absolute atomic E-state index is 11.1. The molecule has 1 aliphatic rings. The Balaban J connectivity index is 1.92. The van der Waals surface area contributed by atoms with Gasteiger partial charge in [0, 0.05) is 24.7 Å². The van der Waals surface area contributed by atoms with Crippen molar-refractivity contribution in [2.75, 3.05) is 13.1 Å². The van der Waals surface area contributed by atoms with E-state index in [0.717, 1.165) is 31.7 Å². The number of rotatable bonds is 4. The van der Waals surface area contributed by atoms with Crippen molar-refractivity contribution in [3.8, 4) is 5.75 Å². The molecule has 2 N–H and O–H groups in total. The van der Waals surface area contributed by atoms with Gasteiger partial charge in [-0.2, -0.15) is 0 Å². The summed E-state index contributed by atoms with van der Waals surface area (Å²) in [5, 5.41) is 0. The molecule has 2 rings (SSSR count). The number of amides is 1. The van der Waals surface area contributed by atoms with Gasteiger partial charge in [0.05, 0.1) is 0 Å². The SMILES string of the molecule is CC(C)N1CCC(Oc2cccc(C(N)=O)c2)CC1. The monoisotopic (exact) mass is 262 g/mol. The van der Waals surface area contributed by atoms with Gasteiger partial charge < -0.3 is 15.4 Å². The quantitative estimate of drug-likeness (QED) is 0.903. The lowest BCUT2D eigenvalue weighted by Crippen LogP contribution is -2.41.